The van der Waals surface area contributed by atoms with Crippen LogP contribution >= 0.6 is 0 Å². The highest BCUT2D eigenvalue weighted by atomic mass is 16.2. The lowest BCUT2D eigenvalue weighted by Crippen LogP contribution is -2.63. The van der Waals surface area contributed by atoms with E-state index in [1.807, 2.05) is 6.92 Å². The van der Waals surface area contributed by atoms with Crippen molar-refractivity contribution in [2.75, 3.05) is 10.6 Å². The Labute approximate surface area is 111 Å². The molecule has 1 aliphatic carbocycles. The van der Waals surface area contributed by atoms with Crippen molar-refractivity contribution in [1.82, 2.24) is 5.32 Å². The Morgan fingerprint density at radius 2 is 2.21 bits per heavy atom. The minimum absolute atomic E-state index is 0.0372. The number of anilines is 2. The lowest BCUT2D eigenvalue weighted by molar-refractivity contribution is -0.128. The number of hydrogen-bond acceptors (Lipinski definition) is 3. The first-order valence-electron chi connectivity index (χ1n) is 6.53. The number of urea groups is 1. The molecule has 1 aromatic rings. The van der Waals surface area contributed by atoms with E-state index in [0.29, 0.717) is 11.4 Å². The fourth-order valence-electron chi connectivity index (χ4n) is 3.11. The monoisotopic (exact) mass is 259 g/mol. The van der Waals surface area contributed by atoms with Crippen LogP contribution in [0.2, 0.25) is 0 Å². The van der Waals surface area contributed by atoms with Crippen molar-refractivity contribution in [1.29, 1.82) is 0 Å². The largest absolute Gasteiger partial charge is 0.399 e. The van der Waals surface area contributed by atoms with Gasteiger partial charge in [0.2, 0.25) is 5.91 Å². The smallest absolute Gasteiger partial charge is 0.329 e. The van der Waals surface area contributed by atoms with Crippen LogP contribution in [0.25, 0.3) is 0 Å². The van der Waals surface area contributed by atoms with Crippen LogP contribution in [0.4, 0.5) is 16.2 Å². The van der Waals surface area contributed by atoms with Crippen molar-refractivity contribution in [3.05, 3.63) is 24.3 Å². The van der Waals surface area contributed by atoms with E-state index in [1.165, 1.54) is 4.90 Å². The number of fused-ring (bicyclic) bond motifs is 1. The summed E-state index contributed by atoms with van der Waals surface area (Å²) >= 11 is 0. The molecule has 5 heteroatoms. The molecule has 1 aromatic carbocycles. The Kier molecular flexibility index (Phi) is 2.52. The molecule has 1 aliphatic heterocycles. The predicted molar refractivity (Wildman–Crippen MR) is 72.6 cm³/mol. The Morgan fingerprint density at radius 3 is 2.95 bits per heavy atom. The lowest BCUT2D eigenvalue weighted by Gasteiger charge is -2.40. The van der Waals surface area contributed by atoms with Crippen LogP contribution in [0.3, 0.4) is 0 Å². The number of carbonyl (C=O) groups is 2. The fourth-order valence-corrected chi connectivity index (χ4v) is 3.11. The molecule has 0 bridgehead atoms. The SMILES string of the molecule is CC12CCCC1NC(=O)N(c1cccc(N)c1)C2=O. The number of amides is 3. The van der Waals surface area contributed by atoms with Gasteiger partial charge in [0, 0.05) is 11.7 Å². The Balaban J connectivity index is 2.02. The van der Waals surface area contributed by atoms with Gasteiger partial charge >= 0.3 is 6.03 Å². The van der Waals surface area contributed by atoms with Crippen LogP contribution in [-0.4, -0.2) is 18.0 Å². The van der Waals surface area contributed by atoms with Gasteiger partial charge in [0.05, 0.1) is 11.1 Å². The molecule has 1 saturated carbocycles. The topological polar surface area (TPSA) is 75.4 Å². The van der Waals surface area contributed by atoms with Crippen molar-refractivity contribution in [3.63, 3.8) is 0 Å². The van der Waals surface area contributed by atoms with Crippen molar-refractivity contribution in [3.8, 4) is 0 Å². The molecule has 1 saturated heterocycles. The molecule has 2 unspecified atom stereocenters. The number of imide groups is 1. The Hall–Kier alpha value is -2.04. The second-order valence-electron chi connectivity index (χ2n) is 5.55. The summed E-state index contributed by atoms with van der Waals surface area (Å²) in [5, 5.41) is 2.94. The highest BCUT2D eigenvalue weighted by Gasteiger charge is 2.53. The lowest BCUT2D eigenvalue weighted by atomic mass is 9.81. The van der Waals surface area contributed by atoms with Gasteiger partial charge in [0.1, 0.15) is 0 Å². The average molecular weight is 259 g/mol. The molecule has 3 amide bonds. The second-order valence-corrected chi connectivity index (χ2v) is 5.55. The van der Waals surface area contributed by atoms with E-state index in [4.69, 9.17) is 5.73 Å². The van der Waals surface area contributed by atoms with Crippen LogP contribution in [0.15, 0.2) is 24.3 Å². The van der Waals surface area contributed by atoms with Crippen molar-refractivity contribution >= 4 is 23.3 Å². The van der Waals surface area contributed by atoms with Crippen molar-refractivity contribution in [2.45, 2.75) is 32.2 Å². The Bertz CT molecular complexity index is 557. The number of nitrogens with zero attached hydrogens (tertiary/aromatic N) is 1. The van der Waals surface area contributed by atoms with Gasteiger partial charge in [-0.25, -0.2) is 9.69 Å². The van der Waals surface area contributed by atoms with E-state index in [0.717, 1.165) is 19.3 Å². The van der Waals surface area contributed by atoms with Crippen molar-refractivity contribution in [2.24, 2.45) is 5.41 Å². The van der Waals surface area contributed by atoms with Gasteiger partial charge in [0.15, 0.2) is 0 Å². The zero-order chi connectivity index (χ0) is 13.6. The standard InChI is InChI=1S/C14H17N3O2/c1-14-7-3-6-11(14)16-13(19)17(12(14)18)10-5-2-4-9(15)8-10/h2,4-5,8,11H,3,6-7,15H2,1H3,(H,16,19). The molecule has 0 aromatic heterocycles. The molecular formula is C14H17N3O2. The molecule has 2 fully saturated rings. The first-order valence-corrected chi connectivity index (χ1v) is 6.53. The molecule has 2 aliphatic rings. The summed E-state index contributed by atoms with van der Waals surface area (Å²) in [5.41, 5.74) is 6.31. The van der Waals surface area contributed by atoms with E-state index in [9.17, 15) is 9.59 Å². The number of nitrogens with two attached hydrogens (primary N) is 1. The minimum atomic E-state index is -0.488. The number of carbonyl (C=O) groups excluding carboxylic acids is 2. The van der Waals surface area contributed by atoms with Gasteiger partial charge in [-0.1, -0.05) is 12.5 Å². The summed E-state index contributed by atoms with van der Waals surface area (Å²) in [6, 6.07) is 6.47. The summed E-state index contributed by atoms with van der Waals surface area (Å²) < 4.78 is 0. The maximum atomic E-state index is 12.7. The van der Waals surface area contributed by atoms with Crippen LogP contribution < -0.4 is 16.0 Å². The zero-order valence-corrected chi connectivity index (χ0v) is 10.8. The predicted octanol–water partition coefficient (Wildman–Crippen LogP) is 1.88. The highest BCUT2D eigenvalue weighted by molar-refractivity contribution is 6.18. The first-order chi connectivity index (χ1) is 9.02. The quantitative estimate of drug-likeness (QED) is 0.756. The van der Waals surface area contributed by atoms with Crippen LogP contribution in [0.5, 0.6) is 0 Å². The number of rotatable bonds is 1. The highest BCUT2D eigenvalue weighted by Crippen LogP contribution is 2.43. The van der Waals surface area contributed by atoms with E-state index in [2.05, 4.69) is 5.32 Å². The Morgan fingerprint density at radius 1 is 1.42 bits per heavy atom. The third kappa shape index (κ3) is 1.69. The first kappa shape index (κ1) is 12.0. The number of hydrogen-bond donors (Lipinski definition) is 2. The summed E-state index contributed by atoms with van der Waals surface area (Å²) in [6.07, 6.45) is 2.66. The molecular weight excluding hydrogens is 242 g/mol. The van der Waals surface area contributed by atoms with E-state index >= 15 is 0 Å². The summed E-state index contributed by atoms with van der Waals surface area (Å²) in [5.74, 6) is -0.121. The second kappa shape index (κ2) is 3.98. The third-order valence-electron chi connectivity index (χ3n) is 4.28. The maximum Gasteiger partial charge on any atom is 0.329 e. The summed E-state index contributed by atoms with van der Waals surface area (Å²) in [4.78, 5) is 26.1. The van der Waals surface area contributed by atoms with Gasteiger partial charge in [-0.2, -0.15) is 0 Å². The molecule has 5 nitrogen and oxygen atoms in total. The third-order valence-corrected chi connectivity index (χ3v) is 4.28. The van der Waals surface area contributed by atoms with Gasteiger partial charge < -0.3 is 11.1 Å². The van der Waals surface area contributed by atoms with E-state index < -0.39 is 5.41 Å². The number of benzene rings is 1. The van der Waals surface area contributed by atoms with Crippen LogP contribution in [0.1, 0.15) is 26.2 Å². The molecule has 0 radical (unpaired) electrons. The molecule has 3 rings (SSSR count). The average Bonchev–Trinajstić information content (AvgIpc) is 2.72. The zero-order valence-electron chi connectivity index (χ0n) is 10.8. The van der Waals surface area contributed by atoms with E-state index in [1.54, 1.807) is 24.3 Å². The number of nitrogens with one attached hydrogen (secondary N) is 1. The fraction of sp³-hybridized carbons (Fsp3) is 0.429. The molecule has 100 valence electrons. The van der Waals surface area contributed by atoms with Crippen molar-refractivity contribution < 1.29 is 9.59 Å². The summed E-state index contributed by atoms with van der Waals surface area (Å²) in [7, 11) is 0. The van der Waals surface area contributed by atoms with E-state index in [-0.39, 0.29) is 18.0 Å². The molecule has 19 heavy (non-hydrogen) atoms. The van der Waals surface area contributed by atoms with Gasteiger partial charge in [-0.05, 0) is 38.0 Å². The molecule has 2 atom stereocenters. The van der Waals surface area contributed by atoms with Crippen LogP contribution in [0, 0.1) is 5.41 Å². The summed E-state index contributed by atoms with van der Waals surface area (Å²) in [6.45, 7) is 1.94. The minimum Gasteiger partial charge on any atom is -0.399 e. The number of nitrogen functional groups attached to an aromatic ring is 1. The van der Waals surface area contributed by atoms with Gasteiger partial charge in [-0.3, -0.25) is 4.79 Å². The molecule has 0 spiro atoms. The van der Waals surface area contributed by atoms with Crippen LogP contribution in [-0.2, 0) is 4.79 Å². The van der Waals surface area contributed by atoms with Gasteiger partial charge in [-0.15, -0.1) is 0 Å². The molecule has 3 N–H and O–H groups in total. The molecule has 1 heterocycles. The van der Waals surface area contributed by atoms with Gasteiger partial charge in [0.25, 0.3) is 0 Å². The maximum absolute atomic E-state index is 12.7. The normalized spacial score (nSPS) is 30.2.